The third-order valence-electron chi connectivity index (χ3n) is 2.72. The number of aryl methyl sites for hydroxylation is 1. The van der Waals surface area contributed by atoms with Crippen LogP contribution in [0.15, 0.2) is 18.6 Å². The van der Waals surface area contributed by atoms with Crippen molar-refractivity contribution in [1.29, 1.82) is 0 Å². The van der Waals surface area contributed by atoms with Gasteiger partial charge in [-0.25, -0.2) is 4.98 Å². The van der Waals surface area contributed by atoms with E-state index < -0.39 is 0 Å². The minimum Gasteiger partial charge on any atom is -0.322 e. The lowest BCUT2D eigenvalue weighted by Crippen LogP contribution is -2.18. The fourth-order valence-corrected chi connectivity index (χ4v) is 2.36. The van der Waals surface area contributed by atoms with Crippen LogP contribution in [0.4, 0.5) is 0 Å². The van der Waals surface area contributed by atoms with E-state index in [1.54, 1.807) is 12.3 Å². The zero-order chi connectivity index (χ0) is 13.8. The van der Waals surface area contributed by atoms with Crippen molar-refractivity contribution < 1.29 is 0 Å². The molecular weight excluding hydrogens is 285 g/mol. The highest BCUT2D eigenvalue weighted by Gasteiger charge is 2.16. The van der Waals surface area contributed by atoms with Gasteiger partial charge in [0, 0.05) is 19.2 Å². The molecule has 0 spiro atoms. The van der Waals surface area contributed by atoms with Crippen molar-refractivity contribution in [2.45, 2.75) is 32.4 Å². The predicted molar refractivity (Wildman–Crippen MR) is 75.2 cm³/mol. The van der Waals surface area contributed by atoms with E-state index in [9.17, 15) is 0 Å². The summed E-state index contributed by atoms with van der Waals surface area (Å²) in [7, 11) is 0. The Labute approximate surface area is 121 Å². The molecule has 2 aromatic rings. The van der Waals surface area contributed by atoms with E-state index in [2.05, 4.69) is 22.0 Å². The molecule has 0 amide bonds. The van der Waals surface area contributed by atoms with E-state index in [4.69, 9.17) is 28.9 Å². The molecule has 102 valence electrons. The molecule has 5 nitrogen and oxygen atoms in total. The predicted octanol–water partition coefficient (Wildman–Crippen LogP) is 2.63. The second-order valence-corrected chi connectivity index (χ2v) is 5.07. The summed E-state index contributed by atoms with van der Waals surface area (Å²) < 4.78 is 1.85. The Morgan fingerprint density at radius 3 is 2.84 bits per heavy atom. The molecule has 0 fully saturated rings. The van der Waals surface area contributed by atoms with Crippen LogP contribution in [0.1, 0.15) is 30.9 Å². The van der Waals surface area contributed by atoms with E-state index in [1.165, 1.54) is 6.33 Å². The fraction of sp³-hybridized carbons (Fsp3) is 0.417. The minimum atomic E-state index is -0.329. The first-order chi connectivity index (χ1) is 9.11. The zero-order valence-corrected chi connectivity index (χ0v) is 12.1. The molecule has 2 heterocycles. The quantitative estimate of drug-likeness (QED) is 0.921. The Hall–Kier alpha value is -1.17. The van der Waals surface area contributed by atoms with Gasteiger partial charge < -0.3 is 5.73 Å². The maximum Gasteiger partial charge on any atom is 0.138 e. The summed E-state index contributed by atoms with van der Waals surface area (Å²) in [5.74, 6) is 0.835. The first kappa shape index (κ1) is 14.2. The molecule has 1 atom stereocenters. The van der Waals surface area contributed by atoms with Crippen LogP contribution in [0.5, 0.6) is 0 Å². The van der Waals surface area contributed by atoms with Crippen molar-refractivity contribution in [2.75, 3.05) is 0 Å². The fourth-order valence-electron chi connectivity index (χ4n) is 1.84. The molecule has 0 bridgehead atoms. The Kier molecular flexibility index (Phi) is 4.74. The Morgan fingerprint density at radius 2 is 2.16 bits per heavy atom. The van der Waals surface area contributed by atoms with Crippen LogP contribution in [0.2, 0.25) is 10.0 Å². The van der Waals surface area contributed by atoms with Gasteiger partial charge in [-0.2, -0.15) is 5.10 Å². The van der Waals surface area contributed by atoms with Gasteiger partial charge in [0.25, 0.3) is 0 Å². The van der Waals surface area contributed by atoms with Crippen molar-refractivity contribution in [2.24, 2.45) is 5.73 Å². The molecule has 0 aliphatic heterocycles. The topological polar surface area (TPSA) is 69.6 Å². The van der Waals surface area contributed by atoms with Gasteiger partial charge >= 0.3 is 0 Å². The maximum absolute atomic E-state index is 6.13. The molecular formula is C12H15Cl2N5. The van der Waals surface area contributed by atoms with E-state index in [0.29, 0.717) is 22.2 Å². The lowest BCUT2D eigenvalue weighted by molar-refractivity contribution is 0.545. The molecule has 0 saturated heterocycles. The molecule has 7 heteroatoms. The second kappa shape index (κ2) is 6.32. The molecule has 0 aliphatic rings. The highest BCUT2D eigenvalue weighted by molar-refractivity contribution is 6.34. The van der Waals surface area contributed by atoms with E-state index in [0.717, 1.165) is 18.8 Å². The molecule has 0 saturated carbocycles. The summed E-state index contributed by atoms with van der Waals surface area (Å²) in [5.41, 5.74) is 6.75. The van der Waals surface area contributed by atoms with Gasteiger partial charge in [-0.15, -0.1) is 0 Å². The van der Waals surface area contributed by atoms with E-state index >= 15 is 0 Å². The van der Waals surface area contributed by atoms with E-state index in [1.807, 2.05) is 4.68 Å². The monoisotopic (exact) mass is 299 g/mol. The van der Waals surface area contributed by atoms with Gasteiger partial charge in [-0.3, -0.25) is 9.67 Å². The van der Waals surface area contributed by atoms with Crippen molar-refractivity contribution in [3.05, 3.63) is 40.2 Å². The van der Waals surface area contributed by atoms with Crippen LogP contribution in [-0.4, -0.2) is 19.7 Å². The van der Waals surface area contributed by atoms with Gasteiger partial charge in [0.2, 0.25) is 0 Å². The van der Waals surface area contributed by atoms with Crippen LogP contribution in [0, 0.1) is 0 Å². The number of nitrogens with zero attached hydrogens (tertiary/aromatic N) is 4. The van der Waals surface area contributed by atoms with Gasteiger partial charge in [0.05, 0.1) is 21.8 Å². The van der Waals surface area contributed by atoms with Crippen LogP contribution >= 0.6 is 23.2 Å². The van der Waals surface area contributed by atoms with Crippen LogP contribution in [-0.2, 0) is 13.0 Å². The summed E-state index contributed by atoms with van der Waals surface area (Å²) in [6.45, 7) is 2.91. The third-order valence-corrected chi connectivity index (χ3v) is 3.23. The highest BCUT2D eigenvalue weighted by Crippen LogP contribution is 2.24. The number of hydrogen-bond donors (Lipinski definition) is 1. The average Bonchev–Trinajstić information content (AvgIpc) is 2.77. The summed E-state index contributed by atoms with van der Waals surface area (Å²) in [6, 6.07) is 1.31. The zero-order valence-electron chi connectivity index (χ0n) is 10.6. The van der Waals surface area contributed by atoms with Gasteiger partial charge in [0.1, 0.15) is 12.2 Å². The Bertz CT molecular complexity index is 555. The smallest absolute Gasteiger partial charge is 0.138 e. The molecule has 2 N–H and O–H groups in total. The van der Waals surface area contributed by atoms with Gasteiger partial charge in [-0.05, 0) is 12.5 Å². The van der Waals surface area contributed by atoms with Crippen molar-refractivity contribution >= 4 is 23.2 Å². The largest absolute Gasteiger partial charge is 0.322 e. The summed E-state index contributed by atoms with van der Waals surface area (Å²) in [6.07, 6.45) is 4.61. The molecule has 1 unspecified atom stereocenters. The summed E-state index contributed by atoms with van der Waals surface area (Å²) in [4.78, 5) is 8.41. The van der Waals surface area contributed by atoms with E-state index in [-0.39, 0.29) is 6.04 Å². The Balaban J connectivity index is 2.16. The molecule has 0 aliphatic carbocycles. The number of aromatic nitrogens is 4. The number of halogens is 2. The van der Waals surface area contributed by atoms with Gasteiger partial charge in [-0.1, -0.05) is 30.1 Å². The lowest BCUT2D eigenvalue weighted by Gasteiger charge is -2.13. The summed E-state index contributed by atoms with van der Waals surface area (Å²) >= 11 is 11.9. The van der Waals surface area contributed by atoms with Crippen molar-refractivity contribution in [3.8, 4) is 0 Å². The normalized spacial score (nSPS) is 12.6. The highest BCUT2D eigenvalue weighted by atomic mass is 35.5. The standard InChI is InChI=1S/C12H15Cl2N5/c1-2-3-19-11(17-7-18-19)5-10(15)12-9(14)4-8(13)6-16-12/h4,6-7,10H,2-3,5,15H2,1H3. The minimum absolute atomic E-state index is 0.329. The van der Waals surface area contributed by atoms with Crippen LogP contribution in [0.25, 0.3) is 0 Å². The van der Waals surface area contributed by atoms with Gasteiger partial charge in [0.15, 0.2) is 0 Å². The molecule has 2 rings (SSSR count). The first-order valence-corrected chi connectivity index (χ1v) is 6.80. The second-order valence-electron chi connectivity index (χ2n) is 4.23. The number of nitrogens with two attached hydrogens (primary N) is 1. The molecule has 0 radical (unpaired) electrons. The average molecular weight is 300 g/mol. The molecule has 0 aromatic carbocycles. The number of rotatable bonds is 5. The van der Waals surface area contributed by atoms with Crippen LogP contribution in [0.3, 0.4) is 0 Å². The number of hydrogen-bond acceptors (Lipinski definition) is 4. The van der Waals surface area contributed by atoms with Crippen molar-refractivity contribution in [1.82, 2.24) is 19.7 Å². The number of pyridine rings is 1. The third kappa shape index (κ3) is 3.43. The van der Waals surface area contributed by atoms with Crippen LogP contribution < -0.4 is 5.73 Å². The first-order valence-electron chi connectivity index (χ1n) is 6.05. The molecule has 19 heavy (non-hydrogen) atoms. The SMILES string of the molecule is CCCn1ncnc1CC(N)c1ncc(Cl)cc1Cl. The van der Waals surface area contributed by atoms with Crippen molar-refractivity contribution in [3.63, 3.8) is 0 Å². The maximum atomic E-state index is 6.13. The molecule has 2 aromatic heterocycles. The Morgan fingerprint density at radius 1 is 1.37 bits per heavy atom. The summed E-state index contributed by atoms with van der Waals surface area (Å²) in [5, 5.41) is 5.13. The lowest BCUT2D eigenvalue weighted by atomic mass is 10.1.